The Morgan fingerprint density at radius 1 is 1.09 bits per heavy atom. The lowest BCUT2D eigenvalue weighted by Crippen LogP contribution is -2.36. The van der Waals surface area contributed by atoms with Crippen molar-refractivity contribution in [1.82, 2.24) is 9.88 Å². The molecule has 0 saturated carbocycles. The predicted octanol–water partition coefficient (Wildman–Crippen LogP) is 3.64. The molecule has 0 bridgehead atoms. The highest BCUT2D eigenvalue weighted by Crippen LogP contribution is 2.37. The summed E-state index contributed by atoms with van der Waals surface area (Å²) in [7, 11) is 5.21. The number of hydrogen-bond acceptors (Lipinski definition) is 9. The molecule has 11 nitrogen and oxygen atoms in total. The van der Waals surface area contributed by atoms with Gasteiger partial charge in [-0.15, -0.1) is 0 Å². The molecule has 0 aliphatic heterocycles. The number of benzene rings is 2. The Kier molecular flexibility index (Phi) is 6.65. The number of nitro benzene ring substituents is 2. The van der Waals surface area contributed by atoms with Crippen LogP contribution in [0.3, 0.4) is 0 Å². The van der Waals surface area contributed by atoms with Gasteiger partial charge in [0.25, 0.3) is 17.3 Å². The molecule has 12 heteroatoms. The number of nitro groups is 2. The van der Waals surface area contributed by atoms with Gasteiger partial charge in [0, 0.05) is 25.2 Å². The van der Waals surface area contributed by atoms with Crippen LogP contribution in [0.2, 0.25) is 0 Å². The third-order valence-electron chi connectivity index (χ3n) is 4.73. The number of hydrogen-bond donors (Lipinski definition) is 0. The molecule has 1 heterocycles. The summed E-state index contributed by atoms with van der Waals surface area (Å²) >= 11 is 1.28. The van der Waals surface area contributed by atoms with Crippen LogP contribution in [0, 0.1) is 27.2 Å². The molecule has 3 rings (SSSR count). The van der Waals surface area contributed by atoms with E-state index in [1.54, 1.807) is 6.07 Å². The third kappa shape index (κ3) is 4.65. The van der Waals surface area contributed by atoms with Crippen LogP contribution in [0.25, 0.3) is 10.2 Å². The molecule has 0 spiro atoms. The highest BCUT2D eigenvalue weighted by molar-refractivity contribution is 7.22. The Morgan fingerprint density at radius 3 is 2.25 bits per heavy atom. The van der Waals surface area contributed by atoms with Crippen LogP contribution >= 0.6 is 11.3 Å². The van der Waals surface area contributed by atoms with Crippen molar-refractivity contribution < 1.29 is 19.4 Å². The molecule has 0 fully saturated rings. The van der Waals surface area contributed by atoms with Crippen molar-refractivity contribution in [2.75, 3.05) is 39.2 Å². The van der Waals surface area contributed by atoms with Crippen molar-refractivity contribution in [2.24, 2.45) is 0 Å². The first kappa shape index (κ1) is 23.0. The van der Waals surface area contributed by atoms with Crippen LogP contribution < -0.4 is 9.64 Å². The van der Waals surface area contributed by atoms with Crippen molar-refractivity contribution >= 4 is 44.0 Å². The largest absolute Gasteiger partial charge is 0.494 e. The standard InChI is InChI=1S/C20H21N5O6S/c1-12-5-6-16(31-4)17-18(12)32-20(21-17)23(8-7-22(2)3)19(26)13-9-14(24(27)28)11-15(10-13)25(29)30/h5-6,9-11H,7-8H2,1-4H3. The van der Waals surface area contributed by atoms with Crippen molar-refractivity contribution in [3.05, 3.63) is 61.7 Å². The lowest BCUT2D eigenvalue weighted by molar-refractivity contribution is -0.394. The average Bonchev–Trinajstić information content (AvgIpc) is 3.19. The van der Waals surface area contributed by atoms with Gasteiger partial charge in [0.15, 0.2) is 5.13 Å². The fourth-order valence-corrected chi connectivity index (χ4v) is 4.12. The molecule has 0 aliphatic rings. The zero-order valence-corrected chi connectivity index (χ0v) is 18.7. The van der Waals surface area contributed by atoms with Crippen LogP contribution in [-0.4, -0.2) is 59.9 Å². The van der Waals surface area contributed by atoms with Crippen molar-refractivity contribution in [2.45, 2.75) is 6.92 Å². The fraction of sp³-hybridized carbons (Fsp3) is 0.300. The molecule has 1 amide bonds. The molecule has 1 aromatic heterocycles. The van der Waals surface area contributed by atoms with E-state index < -0.39 is 27.1 Å². The molecule has 0 aliphatic carbocycles. The zero-order valence-electron chi connectivity index (χ0n) is 17.9. The first-order valence-corrected chi connectivity index (χ1v) is 10.3. The Morgan fingerprint density at radius 2 is 1.72 bits per heavy atom. The van der Waals surface area contributed by atoms with E-state index in [0.717, 1.165) is 28.5 Å². The van der Waals surface area contributed by atoms with Gasteiger partial charge in [-0.2, -0.15) is 0 Å². The van der Waals surface area contributed by atoms with Gasteiger partial charge in [-0.25, -0.2) is 4.98 Å². The van der Waals surface area contributed by atoms with E-state index in [2.05, 4.69) is 4.98 Å². The van der Waals surface area contributed by atoms with Crippen LogP contribution in [-0.2, 0) is 0 Å². The van der Waals surface area contributed by atoms with Crippen LogP contribution in [0.4, 0.5) is 16.5 Å². The minimum Gasteiger partial charge on any atom is -0.494 e. The number of thiazole rings is 1. The number of carbonyl (C=O) groups excluding carboxylic acids is 1. The summed E-state index contributed by atoms with van der Waals surface area (Å²) in [4.78, 5) is 42.3. The summed E-state index contributed by atoms with van der Waals surface area (Å²) in [5.41, 5.74) is 0.331. The van der Waals surface area contributed by atoms with Crippen molar-refractivity contribution in [3.63, 3.8) is 0 Å². The van der Waals surface area contributed by atoms with E-state index in [1.807, 2.05) is 32.0 Å². The smallest absolute Gasteiger partial charge is 0.277 e. The van der Waals surface area contributed by atoms with Gasteiger partial charge < -0.3 is 9.64 Å². The number of rotatable bonds is 8. The van der Waals surface area contributed by atoms with E-state index in [9.17, 15) is 25.0 Å². The molecule has 0 unspecified atom stereocenters. The molecule has 2 aromatic carbocycles. The number of methoxy groups -OCH3 is 1. The normalized spacial score (nSPS) is 11.0. The number of nitrogens with zero attached hydrogens (tertiary/aromatic N) is 5. The number of likely N-dealkylation sites (N-methyl/N-ethyl adjacent to an activating group) is 1. The SMILES string of the molecule is COc1ccc(C)c2sc(N(CCN(C)C)C(=O)c3cc([N+](=O)[O-])cc([N+](=O)[O-])c3)nc12. The van der Waals surface area contributed by atoms with Gasteiger partial charge in [-0.3, -0.25) is 29.9 Å². The summed E-state index contributed by atoms with van der Waals surface area (Å²) in [5.74, 6) is -0.0616. The second-order valence-electron chi connectivity index (χ2n) is 7.27. The maximum atomic E-state index is 13.4. The molecule has 3 aromatic rings. The van der Waals surface area contributed by atoms with Crippen LogP contribution in [0.5, 0.6) is 5.75 Å². The number of ether oxygens (including phenoxy) is 1. The number of aromatic nitrogens is 1. The average molecular weight is 459 g/mol. The number of fused-ring (bicyclic) bond motifs is 1. The molecule has 0 saturated heterocycles. The van der Waals surface area contributed by atoms with Crippen LogP contribution in [0.1, 0.15) is 15.9 Å². The van der Waals surface area contributed by atoms with Gasteiger partial charge in [-0.1, -0.05) is 17.4 Å². The van der Waals surface area contributed by atoms with Gasteiger partial charge >= 0.3 is 0 Å². The highest BCUT2D eigenvalue weighted by atomic mass is 32.1. The maximum absolute atomic E-state index is 13.4. The fourth-order valence-electron chi connectivity index (χ4n) is 3.05. The summed E-state index contributed by atoms with van der Waals surface area (Å²) in [5, 5.41) is 22.9. The Bertz CT molecular complexity index is 1180. The van der Waals surface area contributed by atoms with Crippen molar-refractivity contribution in [1.29, 1.82) is 0 Å². The number of non-ortho nitro benzene ring substituents is 2. The molecule has 32 heavy (non-hydrogen) atoms. The molecule has 0 radical (unpaired) electrons. The third-order valence-corrected chi connectivity index (χ3v) is 5.94. The summed E-state index contributed by atoms with van der Waals surface area (Å²) in [6.45, 7) is 2.62. The van der Waals surface area contributed by atoms with Gasteiger partial charge in [0.2, 0.25) is 0 Å². The first-order chi connectivity index (χ1) is 15.1. The summed E-state index contributed by atoms with van der Waals surface area (Å²) < 4.78 is 6.23. The highest BCUT2D eigenvalue weighted by Gasteiger charge is 2.27. The summed E-state index contributed by atoms with van der Waals surface area (Å²) in [6.07, 6.45) is 0. The molecule has 0 N–H and O–H groups in total. The van der Waals surface area contributed by atoms with E-state index in [-0.39, 0.29) is 12.1 Å². The minimum atomic E-state index is -0.764. The summed E-state index contributed by atoms with van der Waals surface area (Å²) in [6, 6.07) is 6.58. The van der Waals surface area contributed by atoms with Gasteiger partial charge in [-0.05, 0) is 32.6 Å². The van der Waals surface area contributed by atoms with E-state index in [0.29, 0.717) is 22.9 Å². The van der Waals surface area contributed by atoms with Crippen LogP contribution in [0.15, 0.2) is 30.3 Å². The lowest BCUT2D eigenvalue weighted by Gasteiger charge is -2.22. The maximum Gasteiger partial charge on any atom is 0.277 e. The lowest BCUT2D eigenvalue weighted by atomic mass is 10.1. The van der Waals surface area contributed by atoms with E-state index in [4.69, 9.17) is 4.74 Å². The second kappa shape index (κ2) is 9.24. The van der Waals surface area contributed by atoms with Crippen molar-refractivity contribution in [3.8, 4) is 5.75 Å². The number of aryl methyl sites for hydroxylation is 1. The number of carbonyl (C=O) groups is 1. The number of amides is 1. The van der Waals surface area contributed by atoms with Gasteiger partial charge in [0.1, 0.15) is 11.3 Å². The Hall–Kier alpha value is -3.64. The quantitative estimate of drug-likeness (QED) is 0.368. The topological polar surface area (TPSA) is 132 Å². The number of anilines is 1. The Labute approximate surface area is 187 Å². The first-order valence-electron chi connectivity index (χ1n) is 9.47. The zero-order chi connectivity index (χ0) is 23.6. The Balaban J connectivity index is 2.13. The minimum absolute atomic E-state index is 0.160. The molecule has 168 valence electrons. The monoisotopic (exact) mass is 459 g/mol. The molecular weight excluding hydrogens is 438 g/mol. The molecular formula is C20H21N5O6S. The van der Waals surface area contributed by atoms with E-state index >= 15 is 0 Å². The predicted molar refractivity (Wildman–Crippen MR) is 121 cm³/mol. The van der Waals surface area contributed by atoms with E-state index in [1.165, 1.54) is 23.3 Å². The second-order valence-corrected chi connectivity index (χ2v) is 8.25. The molecule has 0 atom stereocenters. The van der Waals surface area contributed by atoms with Gasteiger partial charge in [0.05, 0.1) is 33.3 Å².